The zero-order valence-corrected chi connectivity index (χ0v) is 15.0. The minimum atomic E-state index is -1.27. The fourth-order valence-electron chi connectivity index (χ4n) is 2.67. The molecule has 3 aromatic carbocycles. The average molecular weight is 378 g/mol. The van der Waals surface area contributed by atoms with Gasteiger partial charge in [0, 0.05) is 15.6 Å². The highest BCUT2D eigenvalue weighted by molar-refractivity contribution is 6.33. The first-order chi connectivity index (χ1) is 11.5. The van der Waals surface area contributed by atoms with Crippen molar-refractivity contribution in [2.75, 3.05) is 5.88 Å². The van der Waals surface area contributed by atoms with Gasteiger partial charge in [0.1, 0.15) is 5.60 Å². The largest absolute Gasteiger partial charge is 0.379 e. The Morgan fingerprint density at radius 1 is 0.750 bits per heavy atom. The van der Waals surface area contributed by atoms with Crippen LogP contribution < -0.4 is 0 Å². The van der Waals surface area contributed by atoms with Crippen molar-refractivity contribution in [1.82, 2.24) is 0 Å². The Morgan fingerprint density at radius 2 is 1.29 bits per heavy atom. The molecule has 0 aliphatic rings. The highest BCUT2D eigenvalue weighted by Crippen LogP contribution is 2.34. The van der Waals surface area contributed by atoms with E-state index in [0.29, 0.717) is 15.6 Å². The molecule has 0 aromatic heterocycles. The Morgan fingerprint density at radius 3 is 1.83 bits per heavy atom. The van der Waals surface area contributed by atoms with E-state index in [9.17, 15) is 5.11 Å². The molecule has 3 rings (SSSR count). The molecule has 0 radical (unpaired) electrons. The third-order valence-corrected chi connectivity index (χ3v) is 5.03. The van der Waals surface area contributed by atoms with E-state index in [2.05, 4.69) is 0 Å². The van der Waals surface area contributed by atoms with Crippen LogP contribution >= 0.6 is 34.8 Å². The number of hydrogen-bond acceptors (Lipinski definition) is 1. The fourth-order valence-corrected chi connectivity index (χ4v) is 3.35. The minimum Gasteiger partial charge on any atom is -0.379 e. The molecule has 1 N–H and O–H groups in total. The second kappa shape index (κ2) is 7.16. The van der Waals surface area contributed by atoms with E-state index in [4.69, 9.17) is 34.8 Å². The third kappa shape index (κ3) is 3.31. The van der Waals surface area contributed by atoms with E-state index >= 15 is 0 Å². The third-order valence-electron chi connectivity index (χ3n) is 4.06. The van der Waals surface area contributed by atoms with Crippen LogP contribution in [-0.2, 0) is 5.60 Å². The Balaban J connectivity index is 1.99. The second-order valence-electron chi connectivity index (χ2n) is 5.56. The maximum atomic E-state index is 11.1. The van der Waals surface area contributed by atoms with E-state index in [1.54, 1.807) is 24.3 Å². The van der Waals surface area contributed by atoms with Gasteiger partial charge in [-0.3, -0.25) is 0 Å². The Hall–Kier alpha value is -1.51. The Labute approximate surface area is 156 Å². The van der Waals surface area contributed by atoms with Gasteiger partial charge in [-0.05, 0) is 34.9 Å². The van der Waals surface area contributed by atoms with Gasteiger partial charge >= 0.3 is 0 Å². The second-order valence-corrected chi connectivity index (χ2v) is 6.67. The smallest absolute Gasteiger partial charge is 0.128 e. The van der Waals surface area contributed by atoms with Crippen molar-refractivity contribution in [3.8, 4) is 11.1 Å². The van der Waals surface area contributed by atoms with Crippen LogP contribution in [-0.4, -0.2) is 11.0 Å². The number of alkyl halides is 1. The van der Waals surface area contributed by atoms with Crippen molar-refractivity contribution in [3.05, 3.63) is 94.0 Å². The first kappa shape index (κ1) is 17.3. The first-order valence-electron chi connectivity index (χ1n) is 7.44. The average Bonchev–Trinajstić information content (AvgIpc) is 2.62. The molecule has 1 atom stereocenters. The number of aliphatic hydroxyl groups is 1. The lowest BCUT2D eigenvalue weighted by atomic mass is 9.87. The summed E-state index contributed by atoms with van der Waals surface area (Å²) in [7, 11) is 0. The van der Waals surface area contributed by atoms with Crippen molar-refractivity contribution in [3.63, 3.8) is 0 Å². The van der Waals surface area contributed by atoms with E-state index in [0.717, 1.165) is 16.7 Å². The Bertz CT molecular complexity index is 828. The first-order valence-corrected chi connectivity index (χ1v) is 8.73. The van der Waals surface area contributed by atoms with Crippen molar-refractivity contribution >= 4 is 34.8 Å². The molecule has 1 unspecified atom stereocenters. The summed E-state index contributed by atoms with van der Waals surface area (Å²) < 4.78 is 0. The molecule has 0 saturated carbocycles. The quantitative estimate of drug-likeness (QED) is 0.542. The molecular formula is C20H15Cl3O. The highest BCUT2D eigenvalue weighted by Gasteiger charge is 2.30. The summed E-state index contributed by atoms with van der Waals surface area (Å²) in [5, 5.41) is 12.4. The lowest BCUT2D eigenvalue weighted by Crippen LogP contribution is -2.29. The van der Waals surface area contributed by atoms with E-state index in [1.807, 2.05) is 48.5 Å². The number of hydrogen-bond donors (Lipinski definition) is 1. The molecule has 24 heavy (non-hydrogen) atoms. The lowest BCUT2D eigenvalue weighted by molar-refractivity contribution is 0.106. The van der Waals surface area contributed by atoms with Crippen LogP contribution in [0, 0.1) is 0 Å². The molecule has 3 aromatic rings. The molecule has 0 spiro atoms. The molecule has 0 bridgehead atoms. The monoisotopic (exact) mass is 376 g/mol. The molecule has 0 fully saturated rings. The number of rotatable bonds is 4. The predicted molar refractivity (Wildman–Crippen MR) is 102 cm³/mol. The van der Waals surface area contributed by atoms with E-state index in [-0.39, 0.29) is 5.88 Å². The molecule has 4 heteroatoms. The van der Waals surface area contributed by atoms with Gasteiger partial charge in [-0.25, -0.2) is 0 Å². The zero-order valence-electron chi connectivity index (χ0n) is 12.7. The van der Waals surface area contributed by atoms with Crippen molar-refractivity contribution in [2.45, 2.75) is 5.60 Å². The summed E-state index contributed by atoms with van der Waals surface area (Å²) >= 11 is 18.3. The number of halogens is 3. The lowest BCUT2D eigenvalue weighted by Gasteiger charge is -2.27. The summed E-state index contributed by atoms with van der Waals surface area (Å²) in [5.74, 6) is 0.0417. The standard InChI is InChI=1S/C20H15Cl3O/c21-13-20(24,16-9-11-17(22)12-10-16)15-7-5-14(6-8-15)18-3-1-2-4-19(18)23/h1-12,24H,13H2. The van der Waals surface area contributed by atoms with Gasteiger partial charge in [-0.15, -0.1) is 11.6 Å². The Kier molecular flexibility index (Phi) is 5.17. The van der Waals surface area contributed by atoms with Crippen molar-refractivity contribution in [2.24, 2.45) is 0 Å². The van der Waals surface area contributed by atoms with Gasteiger partial charge in [0.15, 0.2) is 0 Å². The molecule has 0 aliphatic carbocycles. The maximum absolute atomic E-state index is 11.1. The fraction of sp³-hybridized carbons (Fsp3) is 0.100. The van der Waals surface area contributed by atoms with Gasteiger partial charge < -0.3 is 5.11 Å². The number of benzene rings is 3. The molecule has 0 aliphatic heterocycles. The summed E-state index contributed by atoms with van der Waals surface area (Å²) in [4.78, 5) is 0. The normalized spacial score (nSPS) is 13.5. The summed E-state index contributed by atoms with van der Waals surface area (Å²) in [6.07, 6.45) is 0. The van der Waals surface area contributed by atoms with Crippen LogP contribution in [0.4, 0.5) is 0 Å². The van der Waals surface area contributed by atoms with Crippen LogP contribution in [0.5, 0.6) is 0 Å². The summed E-state index contributed by atoms with van der Waals surface area (Å²) in [5.41, 5.74) is 2.08. The van der Waals surface area contributed by atoms with Crippen molar-refractivity contribution < 1.29 is 5.11 Å². The van der Waals surface area contributed by atoms with E-state index < -0.39 is 5.60 Å². The van der Waals surface area contributed by atoms with Crippen molar-refractivity contribution in [1.29, 1.82) is 0 Å². The predicted octanol–water partition coefficient (Wildman–Crippen LogP) is 6.14. The van der Waals surface area contributed by atoms with Crippen LogP contribution in [0.1, 0.15) is 11.1 Å². The van der Waals surface area contributed by atoms with Gasteiger partial charge in [-0.1, -0.05) is 77.8 Å². The van der Waals surface area contributed by atoms with Crippen LogP contribution in [0.3, 0.4) is 0 Å². The summed E-state index contributed by atoms with van der Waals surface area (Å²) in [6, 6.07) is 22.3. The molecule has 122 valence electrons. The van der Waals surface area contributed by atoms with Crippen LogP contribution in [0.2, 0.25) is 10.0 Å². The highest BCUT2D eigenvalue weighted by atomic mass is 35.5. The van der Waals surface area contributed by atoms with Gasteiger partial charge in [0.25, 0.3) is 0 Å². The van der Waals surface area contributed by atoms with Gasteiger partial charge in [0.05, 0.1) is 5.88 Å². The van der Waals surface area contributed by atoms with Crippen LogP contribution in [0.25, 0.3) is 11.1 Å². The zero-order chi connectivity index (χ0) is 17.2. The molecule has 0 amide bonds. The molecular weight excluding hydrogens is 363 g/mol. The van der Waals surface area contributed by atoms with E-state index in [1.165, 1.54) is 0 Å². The SMILES string of the molecule is OC(CCl)(c1ccc(Cl)cc1)c1ccc(-c2ccccc2Cl)cc1. The minimum absolute atomic E-state index is 0.0417. The molecule has 0 saturated heterocycles. The van der Waals surface area contributed by atoms with Gasteiger partial charge in [0.2, 0.25) is 0 Å². The summed E-state index contributed by atoms with van der Waals surface area (Å²) in [6.45, 7) is 0. The maximum Gasteiger partial charge on any atom is 0.128 e. The topological polar surface area (TPSA) is 20.2 Å². The van der Waals surface area contributed by atoms with Gasteiger partial charge in [-0.2, -0.15) is 0 Å². The van der Waals surface area contributed by atoms with Crippen LogP contribution in [0.15, 0.2) is 72.8 Å². The molecule has 1 nitrogen and oxygen atoms in total. The molecule has 0 heterocycles.